The van der Waals surface area contributed by atoms with Crippen LogP contribution in [0.25, 0.3) is 0 Å². The quantitative estimate of drug-likeness (QED) is 0.565. The summed E-state index contributed by atoms with van der Waals surface area (Å²) < 4.78 is 6.18. The SMILES string of the molecule is Cc1cccc(CC[C@H](c2ncc(C(N)=O)[nH]2)[C@H](C)OCc2ccccc2)c1C. The second kappa shape index (κ2) is 9.52. The molecule has 29 heavy (non-hydrogen) atoms. The fraction of sp³-hybridized carbons (Fsp3) is 0.333. The standard InChI is InChI=1S/C24H29N3O2/c1-16-8-7-11-20(17(16)2)12-13-21(24-26-14-22(27-24)23(25)28)18(3)29-15-19-9-5-4-6-10-19/h4-11,14,18,21H,12-13,15H2,1-3H3,(H2,25,28)(H,26,27)/t18-,21-/m0/s1. The number of carbonyl (C=O) groups is 1. The van der Waals surface area contributed by atoms with Crippen LogP contribution in [0, 0.1) is 13.8 Å². The molecule has 0 fully saturated rings. The van der Waals surface area contributed by atoms with Crippen molar-refractivity contribution in [2.75, 3.05) is 0 Å². The Morgan fingerprint density at radius 3 is 2.59 bits per heavy atom. The van der Waals surface area contributed by atoms with E-state index >= 15 is 0 Å². The number of hydrogen-bond acceptors (Lipinski definition) is 3. The van der Waals surface area contributed by atoms with E-state index in [4.69, 9.17) is 10.5 Å². The van der Waals surface area contributed by atoms with E-state index in [-0.39, 0.29) is 12.0 Å². The third-order valence-electron chi connectivity index (χ3n) is 5.58. The van der Waals surface area contributed by atoms with Crippen molar-refractivity contribution >= 4 is 5.91 Å². The number of benzene rings is 2. The first-order chi connectivity index (χ1) is 14.0. The molecule has 0 saturated carbocycles. The molecule has 3 N–H and O–H groups in total. The number of hydrogen-bond donors (Lipinski definition) is 2. The molecule has 0 bridgehead atoms. The van der Waals surface area contributed by atoms with E-state index in [1.165, 1.54) is 22.9 Å². The average Bonchev–Trinajstić information content (AvgIpc) is 3.20. The van der Waals surface area contributed by atoms with Crippen molar-refractivity contribution in [2.24, 2.45) is 5.73 Å². The number of imidazole rings is 1. The number of aryl methyl sites for hydroxylation is 2. The number of nitrogens with two attached hydrogens (primary N) is 1. The first-order valence-electron chi connectivity index (χ1n) is 10.0. The minimum Gasteiger partial charge on any atom is -0.373 e. The van der Waals surface area contributed by atoms with Gasteiger partial charge in [-0.3, -0.25) is 4.79 Å². The van der Waals surface area contributed by atoms with Gasteiger partial charge < -0.3 is 15.5 Å². The summed E-state index contributed by atoms with van der Waals surface area (Å²) in [5.74, 6) is 0.256. The molecule has 0 unspecified atom stereocenters. The topological polar surface area (TPSA) is 81.0 Å². The number of amides is 1. The summed E-state index contributed by atoms with van der Waals surface area (Å²) >= 11 is 0. The van der Waals surface area contributed by atoms with Crippen LogP contribution in [0.2, 0.25) is 0 Å². The van der Waals surface area contributed by atoms with Crippen molar-refractivity contribution in [1.82, 2.24) is 9.97 Å². The second-order valence-electron chi connectivity index (χ2n) is 7.55. The molecule has 0 aliphatic rings. The van der Waals surface area contributed by atoms with Gasteiger partial charge in [-0.25, -0.2) is 4.98 Å². The van der Waals surface area contributed by atoms with Gasteiger partial charge in [0.1, 0.15) is 11.5 Å². The van der Waals surface area contributed by atoms with E-state index in [2.05, 4.69) is 61.1 Å². The first kappa shape index (κ1) is 20.8. The number of aromatic amines is 1. The molecule has 0 saturated heterocycles. The minimum absolute atomic E-state index is 0.0201. The molecule has 0 aliphatic heterocycles. The first-order valence-corrected chi connectivity index (χ1v) is 10.0. The van der Waals surface area contributed by atoms with Gasteiger partial charge in [0.25, 0.3) is 5.91 Å². The van der Waals surface area contributed by atoms with E-state index in [1.54, 1.807) is 0 Å². The molecule has 0 spiro atoms. The molecule has 1 heterocycles. The summed E-state index contributed by atoms with van der Waals surface area (Å²) in [6.45, 7) is 6.88. The van der Waals surface area contributed by atoms with Crippen molar-refractivity contribution in [3.63, 3.8) is 0 Å². The highest BCUT2D eigenvalue weighted by molar-refractivity contribution is 5.90. The van der Waals surface area contributed by atoms with Crippen LogP contribution >= 0.6 is 0 Å². The van der Waals surface area contributed by atoms with Crippen LogP contribution in [0.3, 0.4) is 0 Å². The number of H-pyrrole nitrogens is 1. The third kappa shape index (κ3) is 5.33. The zero-order valence-electron chi connectivity index (χ0n) is 17.3. The maximum Gasteiger partial charge on any atom is 0.266 e. The third-order valence-corrected chi connectivity index (χ3v) is 5.58. The van der Waals surface area contributed by atoms with Crippen LogP contribution in [0.4, 0.5) is 0 Å². The number of rotatable bonds is 9. The lowest BCUT2D eigenvalue weighted by atomic mass is 9.91. The monoisotopic (exact) mass is 391 g/mol. The van der Waals surface area contributed by atoms with Gasteiger partial charge >= 0.3 is 0 Å². The molecule has 3 rings (SSSR count). The molecule has 0 radical (unpaired) electrons. The fourth-order valence-corrected chi connectivity index (χ4v) is 3.56. The van der Waals surface area contributed by atoms with Gasteiger partial charge in [0.15, 0.2) is 0 Å². The van der Waals surface area contributed by atoms with Crippen LogP contribution in [0.15, 0.2) is 54.7 Å². The largest absolute Gasteiger partial charge is 0.373 e. The molecular formula is C24H29N3O2. The molecule has 2 atom stereocenters. The predicted molar refractivity (Wildman–Crippen MR) is 115 cm³/mol. The van der Waals surface area contributed by atoms with Crippen LogP contribution in [-0.2, 0) is 17.8 Å². The predicted octanol–water partition coefficient (Wildman–Crippen LogP) is 4.45. The van der Waals surface area contributed by atoms with E-state index in [0.717, 1.165) is 24.2 Å². The lowest BCUT2D eigenvalue weighted by Gasteiger charge is -2.23. The molecule has 1 aromatic heterocycles. The van der Waals surface area contributed by atoms with Crippen molar-refractivity contribution in [1.29, 1.82) is 0 Å². The zero-order valence-corrected chi connectivity index (χ0v) is 17.3. The average molecular weight is 392 g/mol. The Bertz CT molecular complexity index is 950. The van der Waals surface area contributed by atoms with Gasteiger partial charge in [0, 0.05) is 5.92 Å². The molecule has 0 aliphatic carbocycles. The number of nitrogens with one attached hydrogen (secondary N) is 1. The molecule has 2 aromatic carbocycles. The normalized spacial score (nSPS) is 13.2. The van der Waals surface area contributed by atoms with E-state index in [1.807, 2.05) is 18.2 Å². The van der Waals surface area contributed by atoms with Gasteiger partial charge in [-0.2, -0.15) is 0 Å². The van der Waals surface area contributed by atoms with Gasteiger partial charge in [0.05, 0.1) is 18.9 Å². The van der Waals surface area contributed by atoms with Gasteiger partial charge in [-0.05, 0) is 55.9 Å². The van der Waals surface area contributed by atoms with Gasteiger partial charge in [-0.15, -0.1) is 0 Å². The van der Waals surface area contributed by atoms with E-state index in [0.29, 0.717) is 12.3 Å². The van der Waals surface area contributed by atoms with Gasteiger partial charge in [-0.1, -0.05) is 48.5 Å². The van der Waals surface area contributed by atoms with E-state index in [9.17, 15) is 4.79 Å². The van der Waals surface area contributed by atoms with Crippen LogP contribution in [-0.4, -0.2) is 22.0 Å². The highest BCUT2D eigenvalue weighted by atomic mass is 16.5. The maximum absolute atomic E-state index is 11.5. The van der Waals surface area contributed by atoms with Crippen LogP contribution in [0.5, 0.6) is 0 Å². The summed E-state index contributed by atoms with van der Waals surface area (Å²) in [5, 5.41) is 0. The van der Waals surface area contributed by atoms with Gasteiger partial charge in [0.2, 0.25) is 0 Å². The highest BCUT2D eigenvalue weighted by Gasteiger charge is 2.24. The minimum atomic E-state index is -0.505. The molecular weight excluding hydrogens is 362 g/mol. The lowest BCUT2D eigenvalue weighted by molar-refractivity contribution is 0.0308. The summed E-state index contributed by atoms with van der Waals surface area (Å²) in [7, 11) is 0. The Labute approximate surface area is 172 Å². The Kier molecular flexibility index (Phi) is 6.83. The van der Waals surface area contributed by atoms with Crippen molar-refractivity contribution in [3.05, 3.63) is 88.5 Å². The second-order valence-corrected chi connectivity index (χ2v) is 7.55. The Hall–Kier alpha value is -2.92. The van der Waals surface area contributed by atoms with Crippen molar-refractivity contribution in [3.8, 4) is 0 Å². The van der Waals surface area contributed by atoms with Crippen LogP contribution < -0.4 is 5.73 Å². The van der Waals surface area contributed by atoms with Crippen molar-refractivity contribution < 1.29 is 9.53 Å². The summed E-state index contributed by atoms with van der Waals surface area (Å²) in [4.78, 5) is 19.0. The Morgan fingerprint density at radius 2 is 1.90 bits per heavy atom. The summed E-state index contributed by atoms with van der Waals surface area (Å²) in [6, 6.07) is 16.5. The Balaban J connectivity index is 1.76. The Morgan fingerprint density at radius 1 is 1.14 bits per heavy atom. The zero-order chi connectivity index (χ0) is 20.8. The lowest BCUT2D eigenvalue weighted by Crippen LogP contribution is -2.21. The number of carbonyl (C=O) groups excluding carboxylic acids is 1. The number of primary amides is 1. The summed E-state index contributed by atoms with van der Waals surface area (Å²) in [5.41, 5.74) is 10.8. The van der Waals surface area contributed by atoms with E-state index < -0.39 is 5.91 Å². The molecule has 5 heteroatoms. The fourth-order valence-electron chi connectivity index (χ4n) is 3.56. The number of aromatic nitrogens is 2. The molecule has 3 aromatic rings. The molecule has 5 nitrogen and oxygen atoms in total. The maximum atomic E-state index is 11.5. The number of ether oxygens (including phenoxy) is 1. The summed E-state index contributed by atoms with van der Waals surface area (Å²) in [6.07, 6.45) is 3.19. The molecule has 1 amide bonds. The van der Waals surface area contributed by atoms with Crippen LogP contribution in [0.1, 0.15) is 57.8 Å². The van der Waals surface area contributed by atoms with Crippen molar-refractivity contribution in [2.45, 2.75) is 52.2 Å². The highest BCUT2D eigenvalue weighted by Crippen LogP contribution is 2.27. The number of nitrogens with zero attached hydrogens (tertiary/aromatic N) is 1. The smallest absolute Gasteiger partial charge is 0.266 e. The molecule has 152 valence electrons.